The van der Waals surface area contributed by atoms with Crippen LogP contribution in [0.1, 0.15) is 24.0 Å². The Balaban J connectivity index is 0.00000320. The molecule has 2 aromatic carbocycles. The summed E-state index contributed by atoms with van der Waals surface area (Å²) >= 11 is 1.58. The van der Waals surface area contributed by atoms with Gasteiger partial charge in [-0.1, -0.05) is 29.5 Å². The molecule has 0 fully saturated rings. The van der Waals surface area contributed by atoms with E-state index in [1.54, 1.807) is 11.3 Å². The number of halogens is 1. The molecule has 3 rings (SSSR count). The Hall–Kier alpha value is -2.15. The van der Waals surface area contributed by atoms with Gasteiger partial charge in [-0.3, -0.25) is 9.69 Å². The first-order chi connectivity index (χ1) is 13.9. The van der Waals surface area contributed by atoms with E-state index in [4.69, 9.17) is 9.72 Å². The molecule has 0 aliphatic rings. The lowest BCUT2D eigenvalue weighted by Gasteiger charge is -2.21. The van der Waals surface area contributed by atoms with Crippen LogP contribution < -0.4 is 9.64 Å². The van der Waals surface area contributed by atoms with E-state index in [9.17, 15) is 4.79 Å². The minimum Gasteiger partial charge on any atom is -0.493 e. The maximum absolute atomic E-state index is 13.0. The van der Waals surface area contributed by atoms with Gasteiger partial charge in [0, 0.05) is 6.54 Å². The van der Waals surface area contributed by atoms with E-state index in [-0.39, 0.29) is 18.3 Å². The van der Waals surface area contributed by atoms with Crippen molar-refractivity contribution in [1.82, 2.24) is 9.88 Å². The van der Waals surface area contributed by atoms with Gasteiger partial charge in [-0.2, -0.15) is 0 Å². The third-order valence-electron chi connectivity index (χ3n) is 4.84. The van der Waals surface area contributed by atoms with Crippen molar-refractivity contribution in [2.45, 2.75) is 26.7 Å². The molecule has 1 amide bonds. The molecular formula is C23H30ClN3O2S. The van der Waals surface area contributed by atoms with Crippen molar-refractivity contribution in [3.63, 3.8) is 0 Å². The number of nitrogens with zero attached hydrogens (tertiary/aromatic N) is 3. The summed E-state index contributed by atoms with van der Waals surface area (Å²) < 4.78 is 6.84. The number of carbonyl (C=O) groups excluding carboxylic acids is 1. The Morgan fingerprint density at radius 1 is 1.07 bits per heavy atom. The van der Waals surface area contributed by atoms with Crippen molar-refractivity contribution < 1.29 is 9.53 Å². The highest BCUT2D eigenvalue weighted by atomic mass is 35.5. The quantitative estimate of drug-likeness (QED) is 0.458. The Kier molecular flexibility index (Phi) is 9.08. The fourth-order valence-electron chi connectivity index (χ4n) is 3.06. The average molecular weight is 448 g/mol. The number of hydrogen-bond acceptors (Lipinski definition) is 5. The second kappa shape index (κ2) is 11.3. The normalized spacial score (nSPS) is 10.8. The maximum atomic E-state index is 13.0. The molecule has 0 N–H and O–H groups in total. The van der Waals surface area contributed by atoms with Gasteiger partial charge in [0.25, 0.3) is 0 Å². The van der Waals surface area contributed by atoms with E-state index in [1.807, 2.05) is 49.3 Å². The zero-order valence-electron chi connectivity index (χ0n) is 18.1. The van der Waals surface area contributed by atoms with Crippen LogP contribution in [-0.2, 0) is 4.79 Å². The van der Waals surface area contributed by atoms with E-state index >= 15 is 0 Å². The number of ether oxygens (including phenoxy) is 1. The molecule has 0 atom stereocenters. The summed E-state index contributed by atoms with van der Waals surface area (Å²) in [6.07, 6.45) is 1.22. The van der Waals surface area contributed by atoms with Crippen LogP contribution in [-0.4, -0.2) is 49.6 Å². The van der Waals surface area contributed by atoms with Gasteiger partial charge in [0.15, 0.2) is 5.13 Å². The smallest absolute Gasteiger partial charge is 0.232 e. The molecule has 1 aromatic heterocycles. The van der Waals surface area contributed by atoms with Gasteiger partial charge >= 0.3 is 0 Å². The van der Waals surface area contributed by atoms with E-state index in [0.717, 1.165) is 34.1 Å². The van der Waals surface area contributed by atoms with Crippen LogP contribution in [0.4, 0.5) is 5.13 Å². The fourth-order valence-corrected chi connectivity index (χ4v) is 4.15. The van der Waals surface area contributed by atoms with Crippen LogP contribution in [0.5, 0.6) is 5.75 Å². The SMILES string of the molecule is Cc1cc2nc(N(CCCN(C)C)C(=O)CCOc3ccccc3)sc2cc1C.Cl. The maximum Gasteiger partial charge on any atom is 0.232 e. The van der Waals surface area contributed by atoms with Gasteiger partial charge < -0.3 is 9.64 Å². The third kappa shape index (κ3) is 6.42. The molecule has 0 radical (unpaired) electrons. The van der Waals surface area contributed by atoms with Crippen molar-refractivity contribution in [3.8, 4) is 5.75 Å². The highest BCUT2D eigenvalue weighted by molar-refractivity contribution is 7.22. The van der Waals surface area contributed by atoms with Crippen molar-refractivity contribution in [2.75, 3.05) is 38.7 Å². The Bertz CT molecular complexity index is 921. The van der Waals surface area contributed by atoms with Gasteiger partial charge in [0.05, 0.1) is 23.2 Å². The summed E-state index contributed by atoms with van der Waals surface area (Å²) in [6.45, 7) is 6.13. The number of rotatable bonds is 9. The summed E-state index contributed by atoms with van der Waals surface area (Å²) in [5.41, 5.74) is 3.42. The Morgan fingerprint density at radius 3 is 2.47 bits per heavy atom. The van der Waals surface area contributed by atoms with Crippen molar-refractivity contribution in [1.29, 1.82) is 0 Å². The topological polar surface area (TPSA) is 45.7 Å². The lowest BCUT2D eigenvalue weighted by atomic mass is 10.1. The molecule has 0 aliphatic heterocycles. The van der Waals surface area contributed by atoms with Crippen LogP contribution in [0.25, 0.3) is 10.2 Å². The first-order valence-corrected chi connectivity index (χ1v) is 10.8. The summed E-state index contributed by atoms with van der Waals surface area (Å²) in [5.74, 6) is 0.831. The zero-order valence-corrected chi connectivity index (χ0v) is 19.7. The fraction of sp³-hybridized carbons (Fsp3) is 0.391. The van der Waals surface area contributed by atoms with Crippen LogP contribution in [0.15, 0.2) is 42.5 Å². The molecule has 3 aromatic rings. The van der Waals surface area contributed by atoms with Crippen LogP contribution in [0.3, 0.4) is 0 Å². The number of anilines is 1. The third-order valence-corrected chi connectivity index (χ3v) is 5.88. The molecule has 30 heavy (non-hydrogen) atoms. The number of benzene rings is 2. The summed E-state index contributed by atoms with van der Waals surface area (Å²) in [7, 11) is 4.09. The number of amides is 1. The molecule has 0 bridgehead atoms. The summed E-state index contributed by atoms with van der Waals surface area (Å²) in [6, 6.07) is 13.9. The first kappa shape index (κ1) is 24.1. The monoisotopic (exact) mass is 447 g/mol. The molecule has 0 spiro atoms. The summed E-state index contributed by atoms with van der Waals surface area (Å²) in [5, 5.41) is 0.772. The Labute approximate surface area is 189 Å². The molecule has 0 saturated heterocycles. The number of hydrogen-bond donors (Lipinski definition) is 0. The van der Waals surface area contributed by atoms with Crippen molar-refractivity contribution in [3.05, 3.63) is 53.6 Å². The van der Waals surface area contributed by atoms with E-state index in [0.29, 0.717) is 19.6 Å². The van der Waals surface area contributed by atoms with Gasteiger partial charge in [0.2, 0.25) is 5.91 Å². The molecular weight excluding hydrogens is 418 g/mol. The number of carbonyl (C=O) groups is 1. The number of aryl methyl sites for hydroxylation is 2. The minimum absolute atomic E-state index is 0. The van der Waals surface area contributed by atoms with Crippen LogP contribution in [0.2, 0.25) is 0 Å². The molecule has 5 nitrogen and oxygen atoms in total. The molecule has 1 heterocycles. The van der Waals surface area contributed by atoms with Gasteiger partial charge in [-0.25, -0.2) is 4.98 Å². The standard InChI is InChI=1S/C23H29N3O2S.ClH/c1-17-15-20-21(16-18(17)2)29-23(24-20)26(13-8-12-25(3)4)22(27)11-14-28-19-9-6-5-7-10-19;/h5-7,9-10,15-16H,8,11-14H2,1-4H3;1H. The number of aromatic nitrogens is 1. The highest BCUT2D eigenvalue weighted by Crippen LogP contribution is 2.31. The first-order valence-electron chi connectivity index (χ1n) is 9.95. The molecule has 7 heteroatoms. The largest absolute Gasteiger partial charge is 0.493 e. The molecule has 0 unspecified atom stereocenters. The lowest BCUT2D eigenvalue weighted by Crippen LogP contribution is -2.34. The number of fused-ring (bicyclic) bond motifs is 1. The second-order valence-corrected chi connectivity index (χ2v) is 8.52. The van der Waals surface area contributed by atoms with E-state index in [1.165, 1.54) is 11.1 Å². The van der Waals surface area contributed by atoms with Crippen LogP contribution >= 0.6 is 23.7 Å². The van der Waals surface area contributed by atoms with Gasteiger partial charge in [-0.05, 0) is 76.3 Å². The van der Waals surface area contributed by atoms with E-state index < -0.39 is 0 Å². The highest BCUT2D eigenvalue weighted by Gasteiger charge is 2.20. The predicted octanol–water partition coefficient (Wildman–Crippen LogP) is 5.09. The van der Waals surface area contributed by atoms with Crippen LogP contribution in [0, 0.1) is 13.8 Å². The van der Waals surface area contributed by atoms with Crippen molar-refractivity contribution in [2.24, 2.45) is 0 Å². The number of thiazole rings is 1. The summed E-state index contributed by atoms with van der Waals surface area (Å²) in [4.78, 5) is 21.7. The molecule has 0 saturated carbocycles. The molecule has 0 aliphatic carbocycles. The number of para-hydroxylation sites is 1. The predicted molar refractivity (Wildman–Crippen MR) is 128 cm³/mol. The Morgan fingerprint density at radius 2 is 1.77 bits per heavy atom. The van der Waals surface area contributed by atoms with Gasteiger partial charge in [0.1, 0.15) is 5.75 Å². The zero-order chi connectivity index (χ0) is 20.8. The van der Waals surface area contributed by atoms with E-state index in [2.05, 4.69) is 30.9 Å². The lowest BCUT2D eigenvalue weighted by molar-refractivity contribution is -0.119. The van der Waals surface area contributed by atoms with Gasteiger partial charge in [-0.15, -0.1) is 12.4 Å². The molecule has 162 valence electrons. The minimum atomic E-state index is 0. The second-order valence-electron chi connectivity index (χ2n) is 7.51. The average Bonchev–Trinajstić information content (AvgIpc) is 3.08. The van der Waals surface area contributed by atoms with Crippen molar-refractivity contribution >= 4 is 45.0 Å².